The molecule has 0 aliphatic rings. The van der Waals surface area contributed by atoms with Crippen molar-refractivity contribution in [3.8, 4) is 22.5 Å². The smallest absolute Gasteiger partial charge is 0.378 e. The van der Waals surface area contributed by atoms with Gasteiger partial charge in [0.2, 0.25) is 0 Å². The van der Waals surface area contributed by atoms with Gasteiger partial charge in [0.05, 0.1) is 17.0 Å². The van der Waals surface area contributed by atoms with Crippen LogP contribution < -0.4 is 4.90 Å². The summed E-state index contributed by atoms with van der Waals surface area (Å²) >= 11 is 0. The van der Waals surface area contributed by atoms with E-state index in [1.54, 1.807) is 4.68 Å². The molecule has 0 radical (unpaired) electrons. The predicted molar refractivity (Wildman–Crippen MR) is 93.4 cm³/mol. The first-order valence-electron chi connectivity index (χ1n) is 7.75. The lowest BCUT2D eigenvalue weighted by atomic mass is 10.1. The fourth-order valence-corrected chi connectivity index (χ4v) is 2.64. The van der Waals surface area contributed by atoms with Crippen molar-refractivity contribution in [2.75, 3.05) is 19.0 Å². The third kappa shape index (κ3) is 3.52. The van der Waals surface area contributed by atoms with Crippen molar-refractivity contribution in [2.24, 2.45) is 7.05 Å². The van der Waals surface area contributed by atoms with Gasteiger partial charge >= 0.3 is 6.18 Å². The van der Waals surface area contributed by atoms with Crippen LogP contribution in [0.25, 0.3) is 22.5 Å². The fourth-order valence-electron chi connectivity index (χ4n) is 2.64. The van der Waals surface area contributed by atoms with Gasteiger partial charge in [-0.1, -0.05) is 24.3 Å². The minimum absolute atomic E-state index is 0.642. The molecule has 0 spiro atoms. The van der Waals surface area contributed by atoms with Crippen molar-refractivity contribution >= 4 is 5.69 Å². The van der Waals surface area contributed by atoms with E-state index in [9.17, 15) is 13.2 Å². The van der Waals surface area contributed by atoms with Crippen molar-refractivity contribution in [3.63, 3.8) is 0 Å². The molecule has 0 fully saturated rings. The lowest BCUT2D eigenvalue weighted by Crippen LogP contribution is -2.08. The molecule has 1 heterocycles. The van der Waals surface area contributed by atoms with Gasteiger partial charge in [-0.05, 0) is 35.9 Å². The number of hydrogen-bond acceptors (Lipinski definition) is 2. The first-order valence-corrected chi connectivity index (χ1v) is 7.75. The number of aromatic nitrogens is 2. The summed E-state index contributed by atoms with van der Waals surface area (Å²) in [5, 5.41) is 4.43. The largest absolute Gasteiger partial charge is 0.416 e. The van der Waals surface area contributed by atoms with Crippen LogP contribution in [-0.2, 0) is 13.2 Å². The average Bonchev–Trinajstić information content (AvgIpc) is 2.96. The molecule has 3 rings (SSSR count). The zero-order valence-corrected chi connectivity index (χ0v) is 14.2. The Morgan fingerprint density at radius 3 is 1.96 bits per heavy atom. The molecule has 2 aromatic carbocycles. The van der Waals surface area contributed by atoms with E-state index < -0.39 is 11.7 Å². The second-order valence-corrected chi connectivity index (χ2v) is 6.05. The van der Waals surface area contributed by atoms with Crippen LogP contribution in [0.1, 0.15) is 5.56 Å². The molecule has 0 atom stereocenters. The molecular formula is C19H18F3N3. The quantitative estimate of drug-likeness (QED) is 0.677. The van der Waals surface area contributed by atoms with Crippen molar-refractivity contribution in [3.05, 3.63) is 60.2 Å². The second kappa shape index (κ2) is 6.27. The van der Waals surface area contributed by atoms with Gasteiger partial charge in [-0.2, -0.15) is 18.3 Å². The number of rotatable bonds is 3. The number of anilines is 1. The Hall–Kier alpha value is -2.76. The van der Waals surface area contributed by atoms with Crippen LogP contribution in [0.3, 0.4) is 0 Å². The van der Waals surface area contributed by atoms with Crippen LogP contribution in [0.5, 0.6) is 0 Å². The summed E-state index contributed by atoms with van der Waals surface area (Å²) in [5.74, 6) is 0. The molecule has 25 heavy (non-hydrogen) atoms. The van der Waals surface area contributed by atoms with E-state index >= 15 is 0 Å². The maximum atomic E-state index is 12.7. The summed E-state index contributed by atoms with van der Waals surface area (Å²) in [4.78, 5) is 2.01. The summed E-state index contributed by atoms with van der Waals surface area (Å²) in [6.07, 6.45) is -4.33. The van der Waals surface area contributed by atoms with Gasteiger partial charge in [0.25, 0.3) is 0 Å². The summed E-state index contributed by atoms with van der Waals surface area (Å²) in [6, 6.07) is 15.0. The molecular weight excluding hydrogens is 327 g/mol. The highest BCUT2D eigenvalue weighted by molar-refractivity contribution is 5.70. The lowest BCUT2D eigenvalue weighted by molar-refractivity contribution is -0.137. The molecule has 1 aromatic heterocycles. The highest BCUT2D eigenvalue weighted by atomic mass is 19.4. The Balaban J connectivity index is 1.92. The van der Waals surface area contributed by atoms with Crippen molar-refractivity contribution in [2.45, 2.75) is 6.18 Å². The van der Waals surface area contributed by atoms with Crippen LogP contribution >= 0.6 is 0 Å². The number of aryl methyl sites for hydroxylation is 1. The normalized spacial score (nSPS) is 11.6. The van der Waals surface area contributed by atoms with E-state index in [-0.39, 0.29) is 0 Å². The molecule has 0 aliphatic carbocycles. The van der Waals surface area contributed by atoms with E-state index in [1.807, 2.05) is 56.4 Å². The first kappa shape index (κ1) is 17.1. The predicted octanol–water partition coefficient (Wildman–Crippen LogP) is 4.84. The van der Waals surface area contributed by atoms with Gasteiger partial charge in [0.15, 0.2) is 0 Å². The molecule has 0 unspecified atom stereocenters. The molecule has 0 amide bonds. The minimum Gasteiger partial charge on any atom is -0.378 e. The van der Waals surface area contributed by atoms with Crippen LogP contribution in [0.15, 0.2) is 54.6 Å². The molecule has 0 N–H and O–H groups in total. The highest BCUT2D eigenvalue weighted by Crippen LogP contribution is 2.32. The Kier molecular flexibility index (Phi) is 4.29. The maximum absolute atomic E-state index is 12.7. The molecule has 6 heteroatoms. The summed E-state index contributed by atoms with van der Waals surface area (Å²) in [6.45, 7) is 0. The lowest BCUT2D eigenvalue weighted by Gasteiger charge is -2.12. The van der Waals surface area contributed by atoms with Gasteiger partial charge in [-0.3, -0.25) is 4.68 Å². The molecule has 130 valence electrons. The molecule has 0 aliphatic heterocycles. The van der Waals surface area contributed by atoms with Crippen LogP contribution in [0.4, 0.5) is 18.9 Å². The van der Waals surface area contributed by atoms with E-state index in [4.69, 9.17) is 0 Å². The van der Waals surface area contributed by atoms with E-state index in [1.165, 1.54) is 12.1 Å². The Morgan fingerprint density at radius 2 is 1.44 bits per heavy atom. The van der Waals surface area contributed by atoms with Crippen LogP contribution in [-0.4, -0.2) is 23.9 Å². The SMILES string of the molecule is CN(C)c1ccc(-c2cc(-c3ccc(C(F)(F)F)cc3)nn2C)cc1. The van der Waals surface area contributed by atoms with Gasteiger partial charge in [-0.25, -0.2) is 0 Å². The minimum atomic E-state index is -4.33. The summed E-state index contributed by atoms with van der Waals surface area (Å²) in [5.41, 5.74) is 3.63. The average molecular weight is 345 g/mol. The van der Waals surface area contributed by atoms with Crippen molar-refractivity contribution in [1.29, 1.82) is 0 Å². The molecule has 3 aromatic rings. The third-order valence-corrected chi connectivity index (χ3v) is 4.07. The number of hydrogen-bond donors (Lipinski definition) is 0. The Morgan fingerprint density at radius 1 is 0.880 bits per heavy atom. The molecule has 0 saturated carbocycles. The molecule has 0 saturated heterocycles. The van der Waals surface area contributed by atoms with Gasteiger partial charge in [0.1, 0.15) is 0 Å². The van der Waals surface area contributed by atoms with Gasteiger partial charge in [-0.15, -0.1) is 0 Å². The van der Waals surface area contributed by atoms with E-state index in [2.05, 4.69) is 5.10 Å². The zero-order chi connectivity index (χ0) is 18.2. The monoisotopic (exact) mass is 345 g/mol. The van der Waals surface area contributed by atoms with Crippen LogP contribution in [0, 0.1) is 0 Å². The number of benzene rings is 2. The topological polar surface area (TPSA) is 21.1 Å². The fraction of sp³-hybridized carbons (Fsp3) is 0.211. The first-order chi connectivity index (χ1) is 11.8. The second-order valence-electron chi connectivity index (χ2n) is 6.05. The van der Waals surface area contributed by atoms with Crippen LogP contribution in [0.2, 0.25) is 0 Å². The van der Waals surface area contributed by atoms with Crippen molar-refractivity contribution in [1.82, 2.24) is 9.78 Å². The molecule has 3 nitrogen and oxygen atoms in total. The summed E-state index contributed by atoms with van der Waals surface area (Å²) < 4.78 is 39.8. The van der Waals surface area contributed by atoms with E-state index in [0.29, 0.717) is 11.3 Å². The maximum Gasteiger partial charge on any atom is 0.416 e. The standard InChI is InChI=1S/C19H18F3N3/c1-24(2)16-10-6-14(7-11-16)18-12-17(23-25(18)3)13-4-8-15(9-5-13)19(20,21)22/h4-12H,1-3H3. The van der Waals surface area contributed by atoms with Gasteiger partial charge < -0.3 is 4.90 Å². The van der Waals surface area contributed by atoms with Crippen molar-refractivity contribution < 1.29 is 13.2 Å². The Labute approximate surface area is 144 Å². The highest BCUT2D eigenvalue weighted by Gasteiger charge is 2.30. The number of halogens is 3. The Bertz CT molecular complexity index is 860. The number of nitrogens with zero attached hydrogens (tertiary/aromatic N) is 3. The van der Waals surface area contributed by atoms with E-state index in [0.717, 1.165) is 29.1 Å². The van der Waals surface area contributed by atoms with Gasteiger partial charge in [0, 0.05) is 32.4 Å². The summed E-state index contributed by atoms with van der Waals surface area (Å²) in [7, 11) is 5.77. The molecule has 0 bridgehead atoms. The zero-order valence-electron chi connectivity index (χ0n) is 14.2. The third-order valence-electron chi connectivity index (χ3n) is 4.07. The number of alkyl halides is 3.